The van der Waals surface area contributed by atoms with Crippen LogP contribution in [0.2, 0.25) is 0 Å². The van der Waals surface area contributed by atoms with Crippen molar-refractivity contribution in [1.82, 2.24) is 19.6 Å². The highest BCUT2D eigenvalue weighted by atomic mass is 16.1. The maximum absolute atomic E-state index is 11.9. The summed E-state index contributed by atoms with van der Waals surface area (Å²) in [5.74, 6) is 0. The minimum atomic E-state index is -0.0178. The molecule has 0 aromatic carbocycles. The van der Waals surface area contributed by atoms with Crippen molar-refractivity contribution in [2.45, 2.75) is 12.6 Å². The number of rotatable bonds is 3. The average Bonchev–Trinajstić information content (AvgIpc) is 2.26. The zero-order valence-electron chi connectivity index (χ0n) is 10.3. The normalized spacial score (nSPS) is 16.1. The Morgan fingerprint density at radius 1 is 1.50 bits per heavy atom. The first-order valence-electron chi connectivity index (χ1n) is 6.12. The van der Waals surface area contributed by atoms with Crippen LogP contribution in [0.5, 0.6) is 0 Å². The highest BCUT2D eigenvalue weighted by Gasteiger charge is 2.21. The standard InChI is InChI=1S/C13H16N4O/c1-16(11-7-14-8-11)9-10-6-13(18)17-5-3-2-4-12(17)15-10/h2-6,11,14H,7-9H2,1H3. The van der Waals surface area contributed by atoms with E-state index in [0.717, 1.165) is 18.8 Å². The van der Waals surface area contributed by atoms with Gasteiger partial charge >= 0.3 is 0 Å². The minimum Gasteiger partial charge on any atom is -0.314 e. The van der Waals surface area contributed by atoms with Crippen LogP contribution in [0.4, 0.5) is 0 Å². The Labute approximate surface area is 105 Å². The molecule has 1 saturated heterocycles. The van der Waals surface area contributed by atoms with Crippen molar-refractivity contribution in [3.63, 3.8) is 0 Å². The van der Waals surface area contributed by atoms with E-state index in [1.807, 2.05) is 18.2 Å². The van der Waals surface area contributed by atoms with Gasteiger partial charge in [-0.2, -0.15) is 0 Å². The summed E-state index contributed by atoms with van der Waals surface area (Å²) < 4.78 is 1.56. The van der Waals surface area contributed by atoms with Gasteiger partial charge in [-0.05, 0) is 19.2 Å². The molecular weight excluding hydrogens is 228 g/mol. The molecule has 0 spiro atoms. The molecule has 18 heavy (non-hydrogen) atoms. The molecule has 0 radical (unpaired) electrons. The third kappa shape index (κ3) is 2.02. The summed E-state index contributed by atoms with van der Waals surface area (Å²) in [7, 11) is 2.07. The molecule has 2 aromatic rings. The molecule has 0 atom stereocenters. The van der Waals surface area contributed by atoms with E-state index in [-0.39, 0.29) is 5.56 Å². The monoisotopic (exact) mass is 244 g/mol. The molecule has 3 rings (SSSR count). The Kier molecular flexibility index (Phi) is 2.85. The number of hydrogen-bond acceptors (Lipinski definition) is 4. The lowest BCUT2D eigenvalue weighted by molar-refractivity contribution is 0.171. The van der Waals surface area contributed by atoms with Crippen LogP contribution in [0, 0.1) is 0 Å². The molecule has 0 aliphatic carbocycles. The molecule has 5 heteroatoms. The van der Waals surface area contributed by atoms with Gasteiger partial charge in [-0.15, -0.1) is 0 Å². The minimum absolute atomic E-state index is 0.0178. The summed E-state index contributed by atoms with van der Waals surface area (Å²) in [4.78, 5) is 18.7. The van der Waals surface area contributed by atoms with E-state index < -0.39 is 0 Å². The fourth-order valence-corrected chi connectivity index (χ4v) is 2.15. The van der Waals surface area contributed by atoms with Crippen molar-refractivity contribution >= 4 is 5.65 Å². The summed E-state index contributed by atoms with van der Waals surface area (Å²) in [5.41, 5.74) is 1.52. The molecule has 0 amide bonds. The van der Waals surface area contributed by atoms with Gasteiger partial charge in [0.2, 0.25) is 0 Å². The second-order valence-corrected chi connectivity index (χ2v) is 4.74. The van der Waals surface area contributed by atoms with Crippen molar-refractivity contribution in [2.75, 3.05) is 20.1 Å². The Balaban J connectivity index is 1.90. The number of likely N-dealkylation sites (N-methyl/N-ethyl adjacent to an activating group) is 1. The molecule has 1 fully saturated rings. The van der Waals surface area contributed by atoms with Gasteiger partial charge in [-0.1, -0.05) is 6.07 Å². The number of hydrogen-bond donors (Lipinski definition) is 1. The van der Waals surface area contributed by atoms with Crippen molar-refractivity contribution in [3.05, 3.63) is 46.5 Å². The zero-order valence-corrected chi connectivity index (χ0v) is 10.3. The van der Waals surface area contributed by atoms with Gasteiger partial charge in [0.15, 0.2) is 0 Å². The first kappa shape index (κ1) is 11.4. The lowest BCUT2D eigenvalue weighted by atomic mass is 10.1. The van der Waals surface area contributed by atoms with Crippen LogP contribution in [-0.4, -0.2) is 40.5 Å². The molecule has 1 N–H and O–H groups in total. The lowest BCUT2D eigenvalue weighted by Crippen LogP contribution is -2.55. The molecular formula is C13H16N4O. The Hall–Kier alpha value is -1.72. The smallest absolute Gasteiger partial charge is 0.258 e. The van der Waals surface area contributed by atoms with E-state index in [1.54, 1.807) is 16.7 Å². The average molecular weight is 244 g/mol. The maximum atomic E-state index is 11.9. The number of fused-ring (bicyclic) bond motifs is 1. The number of nitrogens with zero attached hydrogens (tertiary/aromatic N) is 3. The molecule has 0 bridgehead atoms. The Morgan fingerprint density at radius 2 is 2.33 bits per heavy atom. The maximum Gasteiger partial charge on any atom is 0.258 e. The van der Waals surface area contributed by atoms with Crippen molar-refractivity contribution in [1.29, 1.82) is 0 Å². The molecule has 94 valence electrons. The molecule has 2 aromatic heterocycles. The summed E-state index contributed by atoms with van der Waals surface area (Å²) in [6, 6.07) is 7.76. The van der Waals surface area contributed by atoms with Crippen molar-refractivity contribution in [3.8, 4) is 0 Å². The van der Waals surface area contributed by atoms with Crippen LogP contribution in [-0.2, 0) is 6.54 Å². The van der Waals surface area contributed by atoms with E-state index >= 15 is 0 Å². The van der Waals surface area contributed by atoms with E-state index in [4.69, 9.17) is 0 Å². The van der Waals surface area contributed by atoms with E-state index in [0.29, 0.717) is 18.2 Å². The topological polar surface area (TPSA) is 49.6 Å². The number of aromatic nitrogens is 2. The third-order valence-electron chi connectivity index (χ3n) is 3.42. The first-order valence-corrected chi connectivity index (χ1v) is 6.12. The largest absolute Gasteiger partial charge is 0.314 e. The zero-order chi connectivity index (χ0) is 12.5. The Morgan fingerprint density at radius 3 is 3.06 bits per heavy atom. The SMILES string of the molecule is CN(Cc1cc(=O)n2ccccc2n1)C1CNC1. The van der Waals surface area contributed by atoms with Gasteiger partial charge in [0.25, 0.3) is 5.56 Å². The van der Waals surface area contributed by atoms with Crippen molar-refractivity contribution < 1.29 is 0 Å². The lowest BCUT2D eigenvalue weighted by Gasteiger charge is -2.35. The van der Waals surface area contributed by atoms with Gasteiger partial charge < -0.3 is 5.32 Å². The molecule has 5 nitrogen and oxygen atoms in total. The highest BCUT2D eigenvalue weighted by molar-refractivity contribution is 5.37. The number of nitrogens with one attached hydrogen (secondary N) is 1. The van der Waals surface area contributed by atoms with Gasteiger partial charge in [0.05, 0.1) is 5.69 Å². The van der Waals surface area contributed by atoms with E-state index in [9.17, 15) is 4.79 Å². The van der Waals surface area contributed by atoms with Gasteiger partial charge in [0.1, 0.15) is 5.65 Å². The number of pyridine rings is 1. The second kappa shape index (κ2) is 4.51. The predicted molar refractivity (Wildman–Crippen MR) is 69.6 cm³/mol. The summed E-state index contributed by atoms with van der Waals surface area (Å²) in [5, 5.41) is 3.24. The predicted octanol–water partition coefficient (Wildman–Crippen LogP) is 0.0981. The highest BCUT2D eigenvalue weighted by Crippen LogP contribution is 2.07. The summed E-state index contributed by atoms with van der Waals surface area (Å²) in [6.07, 6.45) is 1.74. The second-order valence-electron chi connectivity index (χ2n) is 4.74. The van der Waals surface area contributed by atoms with Gasteiger partial charge in [0, 0.05) is 37.9 Å². The quantitative estimate of drug-likeness (QED) is 0.832. The van der Waals surface area contributed by atoms with Gasteiger partial charge in [-0.25, -0.2) is 4.98 Å². The molecule has 1 aliphatic heterocycles. The fourth-order valence-electron chi connectivity index (χ4n) is 2.15. The van der Waals surface area contributed by atoms with Crippen LogP contribution in [0.1, 0.15) is 5.69 Å². The van der Waals surface area contributed by atoms with Crippen LogP contribution in [0.15, 0.2) is 35.3 Å². The van der Waals surface area contributed by atoms with E-state index in [1.165, 1.54) is 0 Å². The van der Waals surface area contributed by atoms with Crippen LogP contribution in [0.3, 0.4) is 0 Å². The third-order valence-corrected chi connectivity index (χ3v) is 3.42. The summed E-state index contributed by atoms with van der Waals surface area (Å²) >= 11 is 0. The van der Waals surface area contributed by atoms with Crippen LogP contribution < -0.4 is 10.9 Å². The first-order chi connectivity index (χ1) is 8.74. The fraction of sp³-hybridized carbons (Fsp3) is 0.385. The molecule has 3 heterocycles. The van der Waals surface area contributed by atoms with Crippen LogP contribution >= 0.6 is 0 Å². The molecule has 0 saturated carbocycles. The molecule has 1 aliphatic rings. The van der Waals surface area contributed by atoms with Crippen LogP contribution in [0.25, 0.3) is 5.65 Å². The Bertz CT molecular complexity index is 618. The molecule has 0 unspecified atom stereocenters. The van der Waals surface area contributed by atoms with Gasteiger partial charge in [-0.3, -0.25) is 14.1 Å². The summed E-state index contributed by atoms with van der Waals surface area (Å²) in [6.45, 7) is 2.75. The van der Waals surface area contributed by atoms with E-state index in [2.05, 4.69) is 22.2 Å². The van der Waals surface area contributed by atoms with Crippen molar-refractivity contribution in [2.24, 2.45) is 0 Å².